The fourth-order valence-electron chi connectivity index (χ4n) is 3.44. The zero-order chi connectivity index (χ0) is 23.5. The number of unbranched alkanes of at least 4 members (excludes halogenated alkanes) is 1. The zero-order valence-electron chi connectivity index (χ0n) is 19.6. The molecule has 0 aliphatic carbocycles. The first-order chi connectivity index (χ1) is 16.1. The summed E-state index contributed by atoms with van der Waals surface area (Å²) in [7, 11) is 3.07. The highest BCUT2D eigenvalue weighted by Crippen LogP contribution is 2.33. The lowest BCUT2D eigenvalue weighted by atomic mass is 10.0. The first-order valence-corrected chi connectivity index (χ1v) is 11.3. The molecule has 33 heavy (non-hydrogen) atoms. The summed E-state index contributed by atoms with van der Waals surface area (Å²) in [6.07, 6.45) is 3.04. The first kappa shape index (κ1) is 24.2. The van der Waals surface area contributed by atoms with Gasteiger partial charge in [0.05, 0.1) is 20.8 Å². The van der Waals surface area contributed by atoms with Crippen LogP contribution in [-0.2, 0) is 22.6 Å². The summed E-state index contributed by atoms with van der Waals surface area (Å²) in [4.78, 5) is 11.4. The van der Waals surface area contributed by atoms with E-state index in [2.05, 4.69) is 25.1 Å². The van der Waals surface area contributed by atoms with Gasteiger partial charge in [-0.1, -0.05) is 49.7 Å². The van der Waals surface area contributed by atoms with Gasteiger partial charge in [0.25, 0.3) is 0 Å². The Morgan fingerprint density at radius 1 is 0.848 bits per heavy atom. The zero-order valence-corrected chi connectivity index (χ0v) is 19.6. The van der Waals surface area contributed by atoms with Crippen LogP contribution in [0.4, 0.5) is 0 Å². The Bertz CT molecular complexity index is 1040. The van der Waals surface area contributed by atoms with E-state index in [0.29, 0.717) is 26.1 Å². The van der Waals surface area contributed by atoms with Crippen molar-refractivity contribution in [2.75, 3.05) is 20.8 Å². The van der Waals surface area contributed by atoms with Crippen molar-refractivity contribution >= 4 is 5.97 Å². The van der Waals surface area contributed by atoms with Gasteiger partial charge in [0.15, 0.2) is 0 Å². The first-order valence-electron chi connectivity index (χ1n) is 11.3. The molecule has 0 aliphatic rings. The number of ether oxygens (including phenoxy) is 4. The van der Waals surface area contributed by atoms with Gasteiger partial charge in [-0.25, -0.2) is 0 Å². The lowest BCUT2D eigenvalue weighted by Crippen LogP contribution is -2.03. The number of carbonyl (C=O) groups is 1. The molecule has 5 heteroatoms. The summed E-state index contributed by atoms with van der Waals surface area (Å²) in [6, 6.07) is 22.0. The minimum absolute atomic E-state index is 0.215. The molecule has 0 unspecified atom stereocenters. The molecule has 0 aliphatic heterocycles. The molecule has 3 aromatic carbocycles. The van der Waals surface area contributed by atoms with Gasteiger partial charge in [-0.05, 0) is 59.9 Å². The van der Waals surface area contributed by atoms with Gasteiger partial charge in [-0.3, -0.25) is 4.79 Å². The number of hydrogen-bond acceptors (Lipinski definition) is 5. The van der Waals surface area contributed by atoms with E-state index < -0.39 is 0 Å². The van der Waals surface area contributed by atoms with E-state index in [4.69, 9.17) is 18.9 Å². The normalized spacial score (nSPS) is 10.5. The topological polar surface area (TPSA) is 54.0 Å². The molecule has 174 valence electrons. The number of rotatable bonds is 12. The van der Waals surface area contributed by atoms with Crippen LogP contribution in [0.15, 0.2) is 66.7 Å². The number of hydrogen-bond donors (Lipinski definition) is 0. The SMILES string of the molecule is CCCCOc1cc(COc2cccc(CCC(=O)OC)c2)ccc1-c1cccc(OC)c1. The highest BCUT2D eigenvalue weighted by atomic mass is 16.5. The third kappa shape index (κ3) is 7.28. The van der Waals surface area contributed by atoms with Crippen LogP contribution < -0.4 is 14.2 Å². The van der Waals surface area contributed by atoms with Crippen LogP contribution in [0.25, 0.3) is 11.1 Å². The van der Waals surface area contributed by atoms with Crippen molar-refractivity contribution in [3.8, 4) is 28.4 Å². The predicted molar refractivity (Wildman–Crippen MR) is 130 cm³/mol. The number of methoxy groups -OCH3 is 2. The molecule has 0 amide bonds. The number of benzene rings is 3. The fourth-order valence-corrected chi connectivity index (χ4v) is 3.44. The summed E-state index contributed by atoms with van der Waals surface area (Å²) in [6.45, 7) is 3.24. The van der Waals surface area contributed by atoms with Crippen LogP contribution in [0.2, 0.25) is 0 Å². The molecule has 0 N–H and O–H groups in total. The lowest BCUT2D eigenvalue weighted by molar-refractivity contribution is -0.140. The Morgan fingerprint density at radius 3 is 2.45 bits per heavy atom. The second kappa shape index (κ2) is 12.5. The van der Waals surface area contributed by atoms with Crippen molar-refractivity contribution in [3.05, 3.63) is 77.9 Å². The maximum absolute atomic E-state index is 11.4. The van der Waals surface area contributed by atoms with Crippen molar-refractivity contribution < 1.29 is 23.7 Å². The highest BCUT2D eigenvalue weighted by molar-refractivity contribution is 5.72. The van der Waals surface area contributed by atoms with Crippen LogP contribution >= 0.6 is 0 Å². The standard InChI is InChI=1S/C28H32O5/c1-4-5-16-32-27-18-22(12-14-26(27)23-9-7-10-24(19-23)30-2)20-33-25-11-6-8-21(17-25)13-15-28(29)31-3/h6-12,14,17-19H,4-5,13,15-16,20H2,1-3H3. The Hall–Kier alpha value is -3.47. The average Bonchev–Trinajstić information content (AvgIpc) is 2.86. The smallest absolute Gasteiger partial charge is 0.305 e. The van der Waals surface area contributed by atoms with Crippen molar-refractivity contribution in [2.45, 2.75) is 39.2 Å². The summed E-state index contributed by atoms with van der Waals surface area (Å²) >= 11 is 0. The monoisotopic (exact) mass is 448 g/mol. The van der Waals surface area contributed by atoms with Crippen LogP contribution in [0.3, 0.4) is 0 Å². The Morgan fingerprint density at radius 2 is 1.67 bits per heavy atom. The van der Waals surface area contributed by atoms with Gasteiger partial charge in [-0.15, -0.1) is 0 Å². The van der Waals surface area contributed by atoms with Crippen molar-refractivity contribution in [3.63, 3.8) is 0 Å². The Labute approximate surface area is 196 Å². The Balaban J connectivity index is 1.74. The van der Waals surface area contributed by atoms with Gasteiger partial charge in [-0.2, -0.15) is 0 Å². The highest BCUT2D eigenvalue weighted by Gasteiger charge is 2.10. The lowest BCUT2D eigenvalue weighted by Gasteiger charge is -2.15. The molecule has 3 rings (SSSR count). The van der Waals surface area contributed by atoms with Gasteiger partial charge >= 0.3 is 5.97 Å². The molecule has 0 heterocycles. The second-order valence-electron chi connectivity index (χ2n) is 7.78. The quantitative estimate of drug-likeness (QED) is 0.243. The second-order valence-corrected chi connectivity index (χ2v) is 7.78. The minimum Gasteiger partial charge on any atom is -0.497 e. The predicted octanol–water partition coefficient (Wildman–Crippen LogP) is 6.23. The molecule has 3 aromatic rings. The van der Waals surface area contributed by atoms with E-state index in [1.807, 2.05) is 48.5 Å². The van der Waals surface area contributed by atoms with Gasteiger partial charge in [0.2, 0.25) is 0 Å². The summed E-state index contributed by atoms with van der Waals surface area (Å²) in [5.41, 5.74) is 4.13. The number of carbonyl (C=O) groups excluding carboxylic acids is 1. The largest absolute Gasteiger partial charge is 0.497 e. The summed E-state index contributed by atoms with van der Waals surface area (Å²) in [5, 5.41) is 0. The van der Waals surface area contributed by atoms with Crippen LogP contribution in [0, 0.1) is 0 Å². The Kier molecular flexibility index (Phi) is 9.19. The number of aryl methyl sites for hydroxylation is 1. The van der Waals surface area contributed by atoms with E-state index in [1.165, 1.54) is 7.11 Å². The molecular weight excluding hydrogens is 416 g/mol. The third-order valence-electron chi connectivity index (χ3n) is 5.33. The maximum atomic E-state index is 11.4. The molecule has 0 fully saturated rings. The van der Waals surface area contributed by atoms with Gasteiger partial charge < -0.3 is 18.9 Å². The van der Waals surface area contributed by atoms with E-state index >= 15 is 0 Å². The molecular formula is C28H32O5. The van der Waals surface area contributed by atoms with Gasteiger partial charge in [0, 0.05) is 12.0 Å². The summed E-state index contributed by atoms with van der Waals surface area (Å²) < 4.78 is 22.3. The van der Waals surface area contributed by atoms with Crippen molar-refractivity contribution in [1.82, 2.24) is 0 Å². The average molecular weight is 449 g/mol. The van der Waals surface area contributed by atoms with E-state index in [0.717, 1.165) is 52.3 Å². The molecule has 5 nitrogen and oxygen atoms in total. The molecule has 0 saturated carbocycles. The van der Waals surface area contributed by atoms with Crippen molar-refractivity contribution in [1.29, 1.82) is 0 Å². The number of esters is 1. The minimum atomic E-state index is -0.215. The van der Waals surface area contributed by atoms with Crippen LogP contribution in [0.1, 0.15) is 37.3 Å². The fraction of sp³-hybridized carbons (Fsp3) is 0.321. The molecule has 0 spiro atoms. The molecule has 0 radical (unpaired) electrons. The van der Waals surface area contributed by atoms with Crippen LogP contribution in [0.5, 0.6) is 17.2 Å². The van der Waals surface area contributed by atoms with Gasteiger partial charge in [0.1, 0.15) is 23.9 Å². The molecule has 0 atom stereocenters. The third-order valence-corrected chi connectivity index (χ3v) is 5.33. The van der Waals surface area contributed by atoms with E-state index in [9.17, 15) is 4.79 Å². The summed E-state index contributed by atoms with van der Waals surface area (Å²) in [5.74, 6) is 2.20. The molecule has 0 aromatic heterocycles. The molecule has 0 saturated heterocycles. The van der Waals surface area contributed by atoms with Crippen LogP contribution in [-0.4, -0.2) is 26.8 Å². The van der Waals surface area contributed by atoms with Crippen molar-refractivity contribution in [2.24, 2.45) is 0 Å². The van der Waals surface area contributed by atoms with E-state index in [1.54, 1.807) is 7.11 Å². The molecule has 0 bridgehead atoms. The maximum Gasteiger partial charge on any atom is 0.305 e. The van der Waals surface area contributed by atoms with E-state index in [-0.39, 0.29) is 5.97 Å².